The highest BCUT2D eigenvalue weighted by molar-refractivity contribution is 8.01. The van der Waals surface area contributed by atoms with Crippen LogP contribution < -0.4 is 5.30 Å². The first-order chi connectivity index (χ1) is 13.3. The first-order valence-electron chi connectivity index (χ1n) is 7.92. The van der Waals surface area contributed by atoms with Crippen LogP contribution in [0.1, 0.15) is 20.7 Å². The second-order valence-corrected chi connectivity index (χ2v) is 9.88. The van der Waals surface area contributed by atoms with Crippen molar-refractivity contribution in [2.24, 2.45) is 0 Å². The third-order valence-electron chi connectivity index (χ3n) is 4.04. The highest BCUT2D eigenvalue weighted by Crippen LogP contribution is 2.54. The van der Waals surface area contributed by atoms with Gasteiger partial charge in [0.15, 0.2) is 0 Å². The molecule has 0 saturated heterocycles. The highest BCUT2D eigenvalue weighted by Gasteiger charge is 2.44. The van der Waals surface area contributed by atoms with Crippen LogP contribution in [0.25, 0.3) is 0 Å². The molecule has 0 aliphatic carbocycles. The predicted molar refractivity (Wildman–Crippen MR) is 115 cm³/mol. The standard InChI is InChI=1S/C20H11Cl4O3P/c21-14-11-15(22)18(24)16(17(14)23)20(26)28(27,13-9-5-2-6-10-13)19(25)12-7-3-1-4-8-12/h1-11H. The molecule has 0 N–H and O–H groups in total. The van der Waals surface area contributed by atoms with Gasteiger partial charge in [0.2, 0.25) is 18.2 Å². The van der Waals surface area contributed by atoms with Crippen molar-refractivity contribution >= 4 is 69.9 Å². The molecule has 0 amide bonds. The summed E-state index contributed by atoms with van der Waals surface area (Å²) < 4.78 is 14.0. The lowest BCUT2D eigenvalue weighted by Crippen LogP contribution is -2.21. The van der Waals surface area contributed by atoms with E-state index in [9.17, 15) is 14.2 Å². The van der Waals surface area contributed by atoms with Crippen LogP contribution in [-0.2, 0) is 4.57 Å². The van der Waals surface area contributed by atoms with E-state index in [0.717, 1.165) is 0 Å². The van der Waals surface area contributed by atoms with Crippen molar-refractivity contribution in [1.29, 1.82) is 0 Å². The van der Waals surface area contributed by atoms with Crippen LogP contribution in [0, 0.1) is 0 Å². The maximum Gasteiger partial charge on any atom is 0.248 e. The van der Waals surface area contributed by atoms with Gasteiger partial charge in [0.1, 0.15) is 0 Å². The van der Waals surface area contributed by atoms with Crippen molar-refractivity contribution < 1.29 is 14.2 Å². The summed E-state index contributed by atoms with van der Waals surface area (Å²) in [6.07, 6.45) is 0. The molecule has 0 aromatic heterocycles. The minimum absolute atomic E-state index is 0.0359. The fraction of sp³-hybridized carbons (Fsp3) is 0. The molecule has 0 bridgehead atoms. The number of rotatable bonds is 5. The number of benzene rings is 3. The molecular formula is C20H11Cl4O3P. The molecule has 0 aliphatic rings. The van der Waals surface area contributed by atoms with Gasteiger partial charge in [0.25, 0.3) is 0 Å². The van der Waals surface area contributed by atoms with E-state index in [2.05, 4.69) is 0 Å². The molecule has 142 valence electrons. The van der Waals surface area contributed by atoms with Gasteiger partial charge in [-0.2, -0.15) is 0 Å². The minimum atomic E-state index is -4.36. The van der Waals surface area contributed by atoms with Gasteiger partial charge in [-0.15, -0.1) is 0 Å². The van der Waals surface area contributed by atoms with Crippen molar-refractivity contribution in [3.8, 4) is 0 Å². The van der Waals surface area contributed by atoms with Crippen molar-refractivity contribution in [3.05, 3.63) is 97.9 Å². The van der Waals surface area contributed by atoms with Crippen LogP contribution in [0.4, 0.5) is 0 Å². The molecule has 0 aliphatic heterocycles. The van der Waals surface area contributed by atoms with Gasteiger partial charge in [-0.25, -0.2) is 0 Å². The van der Waals surface area contributed by atoms with Crippen molar-refractivity contribution in [1.82, 2.24) is 0 Å². The topological polar surface area (TPSA) is 51.2 Å². The van der Waals surface area contributed by atoms with E-state index < -0.39 is 18.2 Å². The lowest BCUT2D eigenvalue weighted by atomic mass is 10.2. The van der Waals surface area contributed by atoms with Crippen LogP contribution in [0.5, 0.6) is 0 Å². The molecule has 28 heavy (non-hydrogen) atoms. The summed E-state index contributed by atoms with van der Waals surface area (Å²) in [7, 11) is -4.36. The summed E-state index contributed by atoms with van der Waals surface area (Å²) in [5.74, 6) is 0. The molecule has 3 aromatic carbocycles. The second-order valence-electron chi connectivity index (χ2n) is 5.76. The Kier molecular flexibility index (Phi) is 6.34. The molecule has 3 nitrogen and oxygen atoms in total. The molecule has 1 unspecified atom stereocenters. The maximum absolute atomic E-state index is 14.0. The monoisotopic (exact) mass is 470 g/mol. The Labute approximate surface area is 181 Å². The van der Waals surface area contributed by atoms with Gasteiger partial charge in [0, 0.05) is 10.9 Å². The summed E-state index contributed by atoms with van der Waals surface area (Å²) in [6.45, 7) is 0. The summed E-state index contributed by atoms with van der Waals surface area (Å²) in [5, 5.41) is -0.425. The molecule has 0 fully saturated rings. The van der Waals surface area contributed by atoms with Crippen LogP contribution in [-0.4, -0.2) is 11.0 Å². The van der Waals surface area contributed by atoms with Gasteiger partial charge in [-0.05, 0) is 6.07 Å². The molecule has 3 aromatic rings. The summed E-state index contributed by atoms with van der Waals surface area (Å²) in [6, 6.07) is 16.9. The highest BCUT2D eigenvalue weighted by atomic mass is 35.5. The molecule has 8 heteroatoms. The SMILES string of the molecule is O=C(c1ccccc1)P(=O)(C(=O)c1c(Cl)c(Cl)cc(Cl)c1Cl)c1ccccc1. The molecule has 3 rings (SSSR count). The second kappa shape index (κ2) is 8.41. The fourth-order valence-corrected chi connectivity index (χ4v) is 6.06. The maximum atomic E-state index is 14.0. The molecule has 0 saturated carbocycles. The van der Waals surface area contributed by atoms with Gasteiger partial charge in [-0.3, -0.25) is 9.59 Å². The first-order valence-corrected chi connectivity index (χ1v) is 11.1. The number of hydrogen-bond acceptors (Lipinski definition) is 3. The molecule has 0 radical (unpaired) electrons. The van der Waals surface area contributed by atoms with Crippen LogP contribution >= 0.6 is 53.5 Å². The van der Waals surface area contributed by atoms with E-state index in [-0.39, 0.29) is 36.5 Å². The molecule has 1 atom stereocenters. The summed E-state index contributed by atoms with van der Waals surface area (Å²) in [5.41, 5.74) is -2.06. The van der Waals surface area contributed by atoms with Gasteiger partial charge >= 0.3 is 0 Å². The van der Waals surface area contributed by atoms with E-state index in [0.29, 0.717) is 0 Å². The summed E-state index contributed by atoms with van der Waals surface area (Å²) in [4.78, 5) is 26.7. The van der Waals surface area contributed by atoms with E-state index in [4.69, 9.17) is 46.4 Å². The lowest BCUT2D eigenvalue weighted by molar-refractivity contribution is 0.104. The van der Waals surface area contributed by atoms with Crippen molar-refractivity contribution in [2.45, 2.75) is 0 Å². The van der Waals surface area contributed by atoms with Gasteiger partial charge in [0.05, 0.1) is 25.7 Å². The number of halogens is 4. The smallest absolute Gasteiger partial charge is 0.248 e. The average molecular weight is 472 g/mol. The zero-order valence-electron chi connectivity index (χ0n) is 14.0. The Morgan fingerprint density at radius 3 is 1.64 bits per heavy atom. The number of carbonyl (C=O) groups excluding carboxylic acids is 2. The Morgan fingerprint density at radius 1 is 0.679 bits per heavy atom. The van der Waals surface area contributed by atoms with Crippen molar-refractivity contribution in [3.63, 3.8) is 0 Å². The summed E-state index contributed by atoms with van der Waals surface area (Å²) >= 11 is 24.4. The zero-order valence-corrected chi connectivity index (χ0v) is 18.0. The number of carbonyl (C=O) groups is 2. The fourth-order valence-electron chi connectivity index (χ4n) is 2.65. The molecule has 0 spiro atoms. The Hall–Kier alpha value is -1.61. The Bertz CT molecular complexity index is 1090. The van der Waals surface area contributed by atoms with Gasteiger partial charge in [-0.1, -0.05) is 107 Å². The van der Waals surface area contributed by atoms with E-state index in [1.54, 1.807) is 36.4 Å². The Morgan fingerprint density at radius 2 is 1.14 bits per heavy atom. The third kappa shape index (κ3) is 3.66. The normalized spacial score (nSPS) is 13.0. The third-order valence-corrected chi connectivity index (χ3v) is 8.26. The van der Waals surface area contributed by atoms with Gasteiger partial charge < -0.3 is 4.57 Å². The quantitative estimate of drug-likeness (QED) is 0.298. The van der Waals surface area contributed by atoms with Crippen LogP contribution in [0.3, 0.4) is 0 Å². The molecular weight excluding hydrogens is 461 g/mol. The predicted octanol–water partition coefficient (Wildman–Crippen LogP) is 6.97. The van der Waals surface area contributed by atoms with Crippen LogP contribution in [0.15, 0.2) is 66.7 Å². The lowest BCUT2D eigenvalue weighted by Gasteiger charge is -2.18. The van der Waals surface area contributed by atoms with Crippen molar-refractivity contribution in [2.75, 3.05) is 0 Å². The van der Waals surface area contributed by atoms with E-state index in [1.165, 1.54) is 30.3 Å². The van der Waals surface area contributed by atoms with E-state index >= 15 is 0 Å². The van der Waals surface area contributed by atoms with Crippen LogP contribution in [0.2, 0.25) is 20.1 Å². The minimum Gasteiger partial charge on any atom is -0.302 e. The zero-order chi connectivity index (χ0) is 20.5. The molecule has 0 heterocycles. The largest absolute Gasteiger partial charge is 0.302 e. The van der Waals surface area contributed by atoms with E-state index in [1.807, 2.05) is 0 Å². The Balaban J connectivity index is 2.29. The average Bonchev–Trinajstić information content (AvgIpc) is 2.72. The first kappa shape index (κ1) is 21.1. The number of hydrogen-bond donors (Lipinski definition) is 0.